The third-order valence-corrected chi connectivity index (χ3v) is 15.8. The van der Waals surface area contributed by atoms with Crippen molar-refractivity contribution < 1.29 is 91.1 Å². The molecule has 2 unspecified atom stereocenters. The SMILES string of the molecule is CCN1/C(=C/C(C)=C/C2=[N+](CCCCCC(=O)ON3C(=O)CCC3=O)c3ccc(S(=O)(=O)O)cc3C2(C)CCOCCOCCOCCOCCOCCOC)C(C)(CCCS(=O)(=O)O)c2cc(S(=O)(=O)O)ccc21. The summed E-state index contributed by atoms with van der Waals surface area (Å²) in [7, 11) is -12.0. The zero-order valence-corrected chi connectivity index (χ0v) is 45.8. The van der Waals surface area contributed by atoms with Crippen LogP contribution in [0.25, 0.3) is 0 Å². The molecule has 22 nitrogen and oxygen atoms in total. The molecule has 2 atom stereocenters. The van der Waals surface area contributed by atoms with Crippen LogP contribution in [0.15, 0.2) is 69.6 Å². The molecule has 0 saturated carbocycles. The Balaban J connectivity index is 1.42. The first kappa shape index (κ1) is 61.3. The van der Waals surface area contributed by atoms with Crippen LogP contribution in [0.4, 0.5) is 11.4 Å². The standard InChI is InChI=1S/C50H71N3O19S3/c1-6-51-42-14-12-38(74(60,61)62)35-40(42)49(3,18-10-32-73(57,58)59)44(51)33-37(2)34-45-50(4,19-21-67-24-25-69-28-29-71-31-30-70-27-26-68-23-22-66-5)41-36-39(75(63,64)65)13-15-43(41)52(45)20-9-7-8-11-48(56)72-53-46(54)16-17-47(53)55/h12-15,33-36H,6-11,16-32H2,1-5H3,(H2-,57,58,59,60,61,62,63,64,65)/p+1. The molecule has 0 bridgehead atoms. The average Bonchev–Trinajstić information content (AvgIpc) is 3.86. The van der Waals surface area contributed by atoms with Gasteiger partial charge in [0.05, 0.1) is 87.0 Å². The number of hydrogen-bond acceptors (Lipinski definition) is 17. The molecule has 2 amide bonds. The molecule has 25 heteroatoms. The van der Waals surface area contributed by atoms with E-state index < -0.39 is 64.7 Å². The highest BCUT2D eigenvalue weighted by Gasteiger charge is 2.49. The van der Waals surface area contributed by atoms with Crippen molar-refractivity contribution in [1.82, 2.24) is 5.06 Å². The van der Waals surface area contributed by atoms with Crippen molar-refractivity contribution in [1.29, 1.82) is 0 Å². The highest BCUT2D eigenvalue weighted by Crippen LogP contribution is 2.52. The smallest absolute Gasteiger partial charge is 0.333 e. The minimum Gasteiger partial charge on any atom is -0.382 e. The minimum atomic E-state index is -4.65. The zero-order valence-electron chi connectivity index (χ0n) is 43.3. The quantitative estimate of drug-likeness (QED) is 0.0355. The summed E-state index contributed by atoms with van der Waals surface area (Å²) in [5.74, 6) is -2.43. The molecule has 5 rings (SSSR count). The molecule has 3 aliphatic heterocycles. The van der Waals surface area contributed by atoms with E-state index in [0.29, 0.717) is 130 Å². The van der Waals surface area contributed by atoms with Gasteiger partial charge in [0, 0.05) is 80.4 Å². The second-order valence-electron chi connectivity index (χ2n) is 18.7. The lowest BCUT2D eigenvalue weighted by Crippen LogP contribution is -2.33. The van der Waals surface area contributed by atoms with Crippen molar-refractivity contribution in [2.45, 2.75) is 106 Å². The third kappa shape index (κ3) is 17.0. The number of nitrogens with zero attached hydrogens (tertiary/aromatic N) is 3. The first-order chi connectivity index (χ1) is 35.4. The van der Waals surface area contributed by atoms with Gasteiger partial charge in [0.1, 0.15) is 6.54 Å². The average molecular weight is 1120 g/mol. The second-order valence-corrected chi connectivity index (χ2v) is 23.1. The largest absolute Gasteiger partial charge is 0.382 e. The van der Waals surface area contributed by atoms with Crippen molar-refractivity contribution in [3.8, 4) is 0 Å². The van der Waals surface area contributed by atoms with E-state index in [-0.39, 0.29) is 61.7 Å². The van der Waals surface area contributed by atoms with Gasteiger partial charge in [-0.3, -0.25) is 23.2 Å². The molecule has 3 aliphatic rings. The molecule has 0 aromatic heterocycles. The number of ether oxygens (including phenoxy) is 6. The van der Waals surface area contributed by atoms with Crippen molar-refractivity contribution in [2.24, 2.45) is 0 Å². The molecule has 2 aromatic carbocycles. The van der Waals surface area contributed by atoms with Crippen LogP contribution in [0.3, 0.4) is 0 Å². The van der Waals surface area contributed by atoms with Crippen LogP contribution in [0.1, 0.15) is 96.6 Å². The van der Waals surface area contributed by atoms with Gasteiger partial charge >= 0.3 is 5.97 Å². The number of benzene rings is 2. The Bertz CT molecular complexity index is 2760. The first-order valence-electron chi connectivity index (χ1n) is 24.9. The number of methoxy groups -OCH3 is 1. The third-order valence-electron chi connectivity index (χ3n) is 13.3. The topological polar surface area (TPSA) is 288 Å². The molecular formula is C50H72N3O19S3+. The van der Waals surface area contributed by atoms with Gasteiger partial charge < -0.3 is 38.2 Å². The number of hydroxylamine groups is 2. The van der Waals surface area contributed by atoms with E-state index in [2.05, 4.69) is 0 Å². The van der Waals surface area contributed by atoms with Gasteiger partial charge in [0.25, 0.3) is 42.2 Å². The maximum atomic E-state index is 12.6. The first-order valence-corrected chi connectivity index (χ1v) is 29.4. The van der Waals surface area contributed by atoms with Crippen LogP contribution >= 0.6 is 0 Å². The molecule has 1 saturated heterocycles. The van der Waals surface area contributed by atoms with Crippen molar-refractivity contribution in [3.05, 3.63) is 70.9 Å². The molecular weight excluding hydrogens is 1040 g/mol. The number of likely N-dealkylation sites (N-methyl/N-ethyl adjacent to an activating group) is 1. The number of unbranched alkanes of at least 4 members (excludes halogenated alkanes) is 2. The van der Waals surface area contributed by atoms with Gasteiger partial charge in [-0.05, 0) is 107 Å². The van der Waals surface area contributed by atoms with E-state index in [1.165, 1.54) is 24.3 Å². The van der Waals surface area contributed by atoms with Crippen molar-refractivity contribution in [3.63, 3.8) is 0 Å². The molecule has 418 valence electrons. The highest BCUT2D eigenvalue weighted by atomic mass is 32.2. The normalized spacial score (nSPS) is 19.7. The molecule has 3 N–H and O–H groups in total. The monoisotopic (exact) mass is 1110 g/mol. The molecule has 75 heavy (non-hydrogen) atoms. The van der Waals surface area contributed by atoms with E-state index in [1.807, 2.05) is 49.3 Å². The minimum absolute atomic E-state index is 0.00469. The van der Waals surface area contributed by atoms with Crippen LogP contribution in [0.2, 0.25) is 0 Å². The number of amides is 2. The summed E-state index contributed by atoms with van der Waals surface area (Å²) < 4.78 is 139. The predicted molar refractivity (Wildman–Crippen MR) is 274 cm³/mol. The lowest BCUT2D eigenvalue weighted by molar-refractivity contribution is -0.438. The number of carbonyl (C=O) groups excluding carboxylic acids is 3. The lowest BCUT2D eigenvalue weighted by Gasteiger charge is -2.30. The van der Waals surface area contributed by atoms with Gasteiger partial charge in [-0.25, -0.2) is 4.79 Å². The lowest BCUT2D eigenvalue weighted by atomic mass is 9.75. The van der Waals surface area contributed by atoms with Gasteiger partial charge in [-0.1, -0.05) is 0 Å². The molecule has 2 aromatic rings. The predicted octanol–water partition coefficient (Wildman–Crippen LogP) is 5.12. The molecule has 0 spiro atoms. The van der Waals surface area contributed by atoms with Gasteiger partial charge in [-0.2, -0.15) is 29.8 Å². The molecule has 0 radical (unpaired) electrons. The number of carbonyl (C=O) groups is 3. The Morgan fingerprint density at radius 2 is 1.23 bits per heavy atom. The molecule has 1 fully saturated rings. The Morgan fingerprint density at radius 3 is 1.76 bits per heavy atom. The number of allylic oxidation sites excluding steroid dienone is 4. The summed E-state index contributed by atoms with van der Waals surface area (Å²) in [5.41, 5.74) is 2.50. The van der Waals surface area contributed by atoms with E-state index >= 15 is 0 Å². The second kappa shape index (κ2) is 27.7. The van der Waals surface area contributed by atoms with Gasteiger partial charge in [0.15, 0.2) is 5.71 Å². The van der Waals surface area contributed by atoms with Crippen LogP contribution in [0, 0.1) is 0 Å². The Kier molecular flexibility index (Phi) is 22.7. The molecule has 0 aliphatic carbocycles. The summed E-state index contributed by atoms with van der Waals surface area (Å²) in [5, 5.41) is 0.510. The Hall–Kier alpha value is -4.51. The Morgan fingerprint density at radius 1 is 0.693 bits per heavy atom. The fourth-order valence-electron chi connectivity index (χ4n) is 9.42. The van der Waals surface area contributed by atoms with Crippen molar-refractivity contribution >= 4 is 65.2 Å². The van der Waals surface area contributed by atoms with Crippen molar-refractivity contribution in [2.75, 3.05) is 104 Å². The van der Waals surface area contributed by atoms with Crippen LogP contribution in [-0.2, 0) is 88.8 Å². The summed E-state index contributed by atoms with van der Waals surface area (Å²) >= 11 is 0. The fourth-order valence-corrected chi connectivity index (χ4v) is 10.9. The summed E-state index contributed by atoms with van der Waals surface area (Å²) in [6.45, 7) is 12.4. The van der Waals surface area contributed by atoms with Crippen LogP contribution < -0.4 is 4.90 Å². The summed E-state index contributed by atoms with van der Waals surface area (Å²) in [6.07, 6.45) is 5.60. The van der Waals surface area contributed by atoms with Gasteiger partial charge in [-0.15, -0.1) is 5.06 Å². The van der Waals surface area contributed by atoms with E-state index in [9.17, 15) is 53.3 Å². The highest BCUT2D eigenvalue weighted by molar-refractivity contribution is 7.86. The number of anilines is 1. The maximum absolute atomic E-state index is 12.6. The number of imide groups is 1. The van der Waals surface area contributed by atoms with E-state index in [0.717, 1.165) is 5.71 Å². The Labute approximate surface area is 440 Å². The fraction of sp³-hybridized carbons (Fsp3) is 0.600. The van der Waals surface area contributed by atoms with Gasteiger partial charge in [0.2, 0.25) is 5.69 Å². The maximum Gasteiger partial charge on any atom is 0.333 e. The number of hydrogen-bond donors (Lipinski definition) is 3. The summed E-state index contributed by atoms with van der Waals surface area (Å²) in [6, 6.07) is 8.64. The van der Waals surface area contributed by atoms with Crippen LogP contribution in [-0.4, -0.2) is 171 Å². The van der Waals surface area contributed by atoms with E-state index in [1.54, 1.807) is 19.2 Å². The van der Waals surface area contributed by atoms with E-state index in [4.69, 9.17) is 33.3 Å². The number of fused-ring (bicyclic) bond motifs is 2. The number of rotatable bonds is 34. The summed E-state index contributed by atoms with van der Waals surface area (Å²) in [4.78, 5) is 43.0. The van der Waals surface area contributed by atoms with Crippen LogP contribution in [0.5, 0.6) is 0 Å². The molecule has 3 heterocycles. The zero-order chi connectivity index (χ0) is 55.0.